The SMILES string of the molecule is CCC(CC)(CC)Oc1cccc(O)c1O. The summed E-state index contributed by atoms with van der Waals surface area (Å²) in [5.74, 6) is 0.0301. The first-order chi connectivity index (χ1) is 7.58. The van der Waals surface area contributed by atoms with E-state index in [2.05, 4.69) is 20.8 Å². The van der Waals surface area contributed by atoms with Gasteiger partial charge >= 0.3 is 0 Å². The first-order valence-corrected chi connectivity index (χ1v) is 5.78. The van der Waals surface area contributed by atoms with Crippen molar-refractivity contribution in [3.8, 4) is 17.2 Å². The number of rotatable bonds is 5. The van der Waals surface area contributed by atoms with Crippen molar-refractivity contribution in [3.63, 3.8) is 0 Å². The summed E-state index contributed by atoms with van der Waals surface area (Å²) < 4.78 is 5.85. The summed E-state index contributed by atoms with van der Waals surface area (Å²) in [6, 6.07) is 4.77. The fraction of sp³-hybridized carbons (Fsp3) is 0.538. The van der Waals surface area contributed by atoms with Gasteiger partial charge in [0.2, 0.25) is 5.75 Å². The fourth-order valence-corrected chi connectivity index (χ4v) is 1.79. The van der Waals surface area contributed by atoms with Gasteiger partial charge in [0.25, 0.3) is 0 Å². The molecule has 0 fully saturated rings. The Kier molecular flexibility index (Phi) is 4.05. The third-order valence-electron chi connectivity index (χ3n) is 3.24. The number of phenolic OH excluding ortho intramolecular Hbond substituents is 2. The maximum Gasteiger partial charge on any atom is 0.200 e. The maximum absolute atomic E-state index is 9.67. The van der Waals surface area contributed by atoms with Gasteiger partial charge < -0.3 is 14.9 Å². The van der Waals surface area contributed by atoms with Crippen LogP contribution in [0.1, 0.15) is 40.0 Å². The Hall–Kier alpha value is -1.38. The van der Waals surface area contributed by atoms with Crippen molar-refractivity contribution in [2.24, 2.45) is 0 Å². The number of benzene rings is 1. The highest BCUT2D eigenvalue weighted by molar-refractivity contribution is 5.49. The van der Waals surface area contributed by atoms with Crippen LogP contribution in [0.2, 0.25) is 0 Å². The second-order valence-corrected chi connectivity index (χ2v) is 3.97. The van der Waals surface area contributed by atoms with Gasteiger partial charge in [-0.15, -0.1) is 0 Å². The molecule has 3 nitrogen and oxygen atoms in total. The lowest BCUT2D eigenvalue weighted by Gasteiger charge is -2.31. The van der Waals surface area contributed by atoms with Crippen LogP contribution in [0.5, 0.6) is 17.2 Å². The molecule has 90 valence electrons. The highest BCUT2D eigenvalue weighted by atomic mass is 16.5. The Morgan fingerprint density at radius 2 is 1.62 bits per heavy atom. The minimum absolute atomic E-state index is 0.144. The van der Waals surface area contributed by atoms with Crippen LogP contribution in [0, 0.1) is 0 Å². The highest BCUT2D eigenvalue weighted by Crippen LogP contribution is 2.38. The van der Waals surface area contributed by atoms with E-state index in [1.54, 1.807) is 12.1 Å². The highest BCUT2D eigenvalue weighted by Gasteiger charge is 2.27. The molecule has 0 aliphatic heterocycles. The molecule has 0 saturated heterocycles. The third-order valence-corrected chi connectivity index (χ3v) is 3.24. The molecule has 0 spiro atoms. The van der Waals surface area contributed by atoms with Gasteiger partial charge in [-0.05, 0) is 31.4 Å². The van der Waals surface area contributed by atoms with Crippen molar-refractivity contribution in [2.75, 3.05) is 0 Å². The molecule has 0 aliphatic rings. The van der Waals surface area contributed by atoms with E-state index in [4.69, 9.17) is 4.74 Å². The van der Waals surface area contributed by atoms with Crippen LogP contribution in [-0.4, -0.2) is 15.8 Å². The maximum atomic E-state index is 9.67. The molecular formula is C13H20O3. The molecule has 0 saturated carbocycles. The molecule has 0 amide bonds. The van der Waals surface area contributed by atoms with Crippen LogP contribution < -0.4 is 4.74 Å². The van der Waals surface area contributed by atoms with Crippen molar-refractivity contribution in [2.45, 2.75) is 45.6 Å². The average Bonchev–Trinajstić information content (AvgIpc) is 2.32. The lowest BCUT2D eigenvalue weighted by molar-refractivity contribution is 0.0528. The normalized spacial score (nSPS) is 11.4. The Morgan fingerprint density at radius 1 is 1.06 bits per heavy atom. The minimum Gasteiger partial charge on any atom is -0.504 e. The summed E-state index contributed by atoms with van der Waals surface area (Å²) >= 11 is 0. The molecule has 1 aromatic carbocycles. The Labute approximate surface area is 96.7 Å². The third kappa shape index (κ3) is 2.40. The molecule has 0 aromatic heterocycles. The van der Waals surface area contributed by atoms with Gasteiger partial charge in [-0.2, -0.15) is 0 Å². The van der Waals surface area contributed by atoms with Crippen molar-refractivity contribution in [3.05, 3.63) is 18.2 Å². The number of phenols is 2. The molecule has 0 unspecified atom stereocenters. The largest absolute Gasteiger partial charge is 0.504 e. The van der Waals surface area contributed by atoms with Gasteiger partial charge in [-0.1, -0.05) is 26.8 Å². The Balaban J connectivity index is 2.98. The fourth-order valence-electron chi connectivity index (χ4n) is 1.79. The monoisotopic (exact) mass is 224 g/mol. The molecule has 0 heterocycles. The zero-order valence-electron chi connectivity index (χ0n) is 10.2. The van der Waals surface area contributed by atoms with E-state index in [-0.39, 0.29) is 17.1 Å². The van der Waals surface area contributed by atoms with E-state index in [1.807, 2.05) is 0 Å². The molecule has 3 heteroatoms. The molecule has 0 bridgehead atoms. The first-order valence-electron chi connectivity index (χ1n) is 5.78. The summed E-state index contributed by atoms with van der Waals surface area (Å²) in [6.45, 7) is 6.19. The van der Waals surface area contributed by atoms with Crippen LogP contribution >= 0.6 is 0 Å². The molecular weight excluding hydrogens is 204 g/mol. The van der Waals surface area contributed by atoms with Gasteiger partial charge in [0.1, 0.15) is 5.60 Å². The van der Waals surface area contributed by atoms with E-state index in [1.165, 1.54) is 6.07 Å². The van der Waals surface area contributed by atoms with Crippen LogP contribution in [0.15, 0.2) is 18.2 Å². The van der Waals surface area contributed by atoms with Gasteiger partial charge in [-0.3, -0.25) is 0 Å². The van der Waals surface area contributed by atoms with Crippen LogP contribution in [0.4, 0.5) is 0 Å². The van der Waals surface area contributed by atoms with Crippen molar-refractivity contribution in [1.82, 2.24) is 0 Å². The number of ether oxygens (including phenoxy) is 1. The topological polar surface area (TPSA) is 49.7 Å². The van der Waals surface area contributed by atoms with E-state index in [0.717, 1.165) is 19.3 Å². The smallest absolute Gasteiger partial charge is 0.200 e. The summed E-state index contributed by atoms with van der Waals surface area (Å²) in [6.07, 6.45) is 2.61. The van der Waals surface area contributed by atoms with Crippen LogP contribution in [0.25, 0.3) is 0 Å². The standard InChI is InChI=1S/C13H20O3/c1-4-13(5-2,6-3)16-11-9-7-8-10(14)12(11)15/h7-9,14-15H,4-6H2,1-3H3. The van der Waals surface area contributed by atoms with Crippen molar-refractivity contribution in [1.29, 1.82) is 0 Å². The molecule has 1 rings (SSSR count). The van der Waals surface area contributed by atoms with Gasteiger partial charge in [-0.25, -0.2) is 0 Å². The second kappa shape index (κ2) is 5.10. The van der Waals surface area contributed by atoms with Gasteiger partial charge in [0.05, 0.1) is 0 Å². The molecule has 0 atom stereocenters. The van der Waals surface area contributed by atoms with Crippen LogP contribution in [-0.2, 0) is 0 Å². The zero-order valence-corrected chi connectivity index (χ0v) is 10.2. The molecule has 0 aliphatic carbocycles. The van der Waals surface area contributed by atoms with E-state index in [0.29, 0.717) is 5.75 Å². The summed E-state index contributed by atoms with van der Waals surface area (Å²) in [7, 11) is 0. The van der Waals surface area contributed by atoms with E-state index >= 15 is 0 Å². The molecule has 2 N–H and O–H groups in total. The lowest BCUT2D eigenvalue weighted by atomic mass is 9.94. The molecule has 1 aromatic rings. The summed E-state index contributed by atoms with van der Waals surface area (Å²) in [4.78, 5) is 0. The predicted octanol–water partition coefficient (Wildman–Crippen LogP) is 3.45. The van der Waals surface area contributed by atoms with E-state index in [9.17, 15) is 10.2 Å². The Morgan fingerprint density at radius 3 is 2.12 bits per heavy atom. The van der Waals surface area contributed by atoms with Crippen molar-refractivity contribution < 1.29 is 14.9 Å². The zero-order chi connectivity index (χ0) is 12.2. The number of hydrogen-bond donors (Lipinski definition) is 2. The Bertz CT molecular complexity index is 335. The number of aromatic hydroxyl groups is 2. The van der Waals surface area contributed by atoms with Crippen molar-refractivity contribution >= 4 is 0 Å². The minimum atomic E-state index is -0.259. The summed E-state index contributed by atoms with van der Waals surface area (Å²) in [5, 5.41) is 19.1. The van der Waals surface area contributed by atoms with Gasteiger partial charge in [0, 0.05) is 0 Å². The van der Waals surface area contributed by atoms with E-state index < -0.39 is 0 Å². The molecule has 16 heavy (non-hydrogen) atoms. The summed E-state index contributed by atoms with van der Waals surface area (Å²) in [5.41, 5.74) is -0.259. The second-order valence-electron chi connectivity index (χ2n) is 3.97. The average molecular weight is 224 g/mol. The van der Waals surface area contributed by atoms with Gasteiger partial charge in [0.15, 0.2) is 11.5 Å². The van der Waals surface area contributed by atoms with Crippen LogP contribution in [0.3, 0.4) is 0 Å². The predicted molar refractivity (Wildman–Crippen MR) is 64.0 cm³/mol. The molecule has 0 radical (unpaired) electrons. The quantitative estimate of drug-likeness (QED) is 0.753. The number of para-hydroxylation sites is 1. The number of hydrogen-bond acceptors (Lipinski definition) is 3. The lowest BCUT2D eigenvalue weighted by Crippen LogP contribution is -2.33. The first kappa shape index (κ1) is 12.7.